The molecule has 4 nitrogen and oxygen atoms in total. The maximum atomic E-state index is 12.1. The lowest BCUT2D eigenvalue weighted by molar-refractivity contribution is 0.0516. The Labute approximate surface area is 145 Å². The van der Waals surface area contributed by atoms with Crippen LogP contribution in [0.3, 0.4) is 0 Å². The van der Waals surface area contributed by atoms with E-state index in [-0.39, 0.29) is 5.97 Å². The normalized spacial score (nSPS) is 10.8. The number of fused-ring (bicyclic) bond motifs is 1. The van der Waals surface area contributed by atoms with Crippen molar-refractivity contribution in [3.63, 3.8) is 0 Å². The van der Waals surface area contributed by atoms with Crippen molar-refractivity contribution in [2.24, 2.45) is 7.05 Å². The van der Waals surface area contributed by atoms with E-state index in [0.29, 0.717) is 29.7 Å². The molecule has 0 bridgehead atoms. The van der Waals surface area contributed by atoms with Crippen molar-refractivity contribution in [2.75, 3.05) is 6.61 Å². The molecular formula is C19H18ClNO3. The Morgan fingerprint density at radius 2 is 1.92 bits per heavy atom. The maximum absolute atomic E-state index is 12.1. The molecule has 0 aliphatic rings. The largest absolute Gasteiger partial charge is 0.487 e. The van der Waals surface area contributed by atoms with Gasteiger partial charge in [-0.15, -0.1) is 0 Å². The number of ether oxygens (including phenoxy) is 2. The molecule has 5 heteroatoms. The van der Waals surface area contributed by atoms with E-state index in [4.69, 9.17) is 21.1 Å². The first kappa shape index (κ1) is 16.4. The van der Waals surface area contributed by atoms with Crippen LogP contribution in [0.4, 0.5) is 0 Å². The lowest BCUT2D eigenvalue weighted by atomic mass is 10.2. The average molecular weight is 344 g/mol. The minimum Gasteiger partial charge on any atom is -0.487 e. The van der Waals surface area contributed by atoms with Gasteiger partial charge in [0.1, 0.15) is 18.1 Å². The van der Waals surface area contributed by atoms with Crippen LogP contribution in [0.15, 0.2) is 48.5 Å². The van der Waals surface area contributed by atoms with Gasteiger partial charge in [-0.25, -0.2) is 4.79 Å². The molecular weight excluding hydrogens is 326 g/mol. The van der Waals surface area contributed by atoms with Crippen molar-refractivity contribution in [1.82, 2.24) is 4.57 Å². The van der Waals surface area contributed by atoms with Gasteiger partial charge in [-0.3, -0.25) is 0 Å². The van der Waals surface area contributed by atoms with Gasteiger partial charge in [0.2, 0.25) is 0 Å². The third-order valence-corrected chi connectivity index (χ3v) is 4.16. The summed E-state index contributed by atoms with van der Waals surface area (Å²) in [6.45, 7) is 2.55. The summed E-state index contributed by atoms with van der Waals surface area (Å²) in [5, 5.41) is 1.34. The Hall–Kier alpha value is -2.46. The van der Waals surface area contributed by atoms with Crippen LogP contribution in [-0.4, -0.2) is 17.1 Å². The van der Waals surface area contributed by atoms with E-state index >= 15 is 0 Å². The van der Waals surface area contributed by atoms with E-state index in [1.54, 1.807) is 30.7 Å². The minimum atomic E-state index is -0.374. The summed E-state index contributed by atoms with van der Waals surface area (Å²) in [4.78, 5) is 12.1. The van der Waals surface area contributed by atoms with Crippen molar-refractivity contribution < 1.29 is 14.3 Å². The first-order valence-electron chi connectivity index (χ1n) is 7.73. The molecule has 0 saturated carbocycles. The van der Waals surface area contributed by atoms with Gasteiger partial charge in [-0.1, -0.05) is 41.9 Å². The zero-order chi connectivity index (χ0) is 17.1. The Kier molecular flexibility index (Phi) is 4.76. The Morgan fingerprint density at radius 3 is 2.62 bits per heavy atom. The van der Waals surface area contributed by atoms with Crippen LogP contribution in [0, 0.1) is 0 Å². The molecule has 3 aromatic rings. The predicted molar refractivity (Wildman–Crippen MR) is 94.7 cm³/mol. The number of aryl methyl sites for hydroxylation is 1. The van der Waals surface area contributed by atoms with Crippen LogP contribution < -0.4 is 4.74 Å². The minimum absolute atomic E-state index is 0.325. The topological polar surface area (TPSA) is 40.5 Å². The molecule has 0 atom stereocenters. The quantitative estimate of drug-likeness (QED) is 0.636. The predicted octanol–water partition coefficient (Wildman–Crippen LogP) is 4.59. The summed E-state index contributed by atoms with van der Waals surface area (Å²) in [5.74, 6) is 0.303. The molecule has 0 aliphatic heterocycles. The second-order valence-corrected chi connectivity index (χ2v) is 5.80. The van der Waals surface area contributed by atoms with Crippen LogP contribution in [-0.2, 0) is 18.4 Å². The van der Waals surface area contributed by atoms with Crippen LogP contribution in [0.5, 0.6) is 5.75 Å². The molecule has 2 aromatic carbocycles. The first-order valence-corrected chi connectivity index (χ1v) is 8.11. The molecule has 0 saturated heterocycles. The lowest BCUT2D eigenvalue weighted by Crippen LogP contribution is -2.09. The van der Waals surface area contributed by atoms with E-state index in [1.165, 1.54) is 0 Å². The van der Waals surface area contributed by atoms with Gasteiger partial charge in [0.25, 0.3) is 0 Å². The summed E-state index contributed by atoms with van der Waals surface area (Å²) in [6, 6.07) is 15.2. The number of nitrogens with zero attached hydrogens (tertiary/aromatic N) is 1. The van der Waals surface area contributed by atoms with Crippen molar-refractivity contribution in [2.45, 2.75) is 13.5 Å². The number of carbonyl (C=O) groups is 1. The highest BCUT2D eigenvalue weighted by Crippen LogP contribution is 2.34. The molecule has 0 spiro atoms. The van der Waals surface area contributed by atoms with E-state index in [0.717, 1.165) is 16.5 Å². The molecule has 1 aromatic heterocycles. The Bertz CT molecular complexity index is 871. The van der Waals surface area contributed by atoms with Gasteiger partial charge in [-0.05, 0) is 30.7 Å². The molecule has 3 rings (SSSR count). The van der Waals surface area contributed by atoms with Gasteiger partial charge in [-0.2, -0.15) is 0 Å². The number of benzene rings is 2. The number of esters is 1. The van der Waals surface area contributed by atoms with Crippen LogP contribution in [0.2, 0.25) is 5.02 Å². The number of hydrogen-bond acceptors (Lipinski definition) is 3. The molecule has 0 amide bonds. The van der Waals surface area contributed by atoms with Gasteiger partial charge >= 0.3 is 5.97 Å². The number of carbonyl (C=O) groups excluding carboxylic acids is 1. The highest BCUT2D eigenvalue weighted by atomic mass is 35.5. The zero-order valence-electron chi connectivity index (χ0n) is 13.6. The van der Waals surface area contributed by atoms with Gasteiger partial charge in [0, 0.05) is 12.4 Å². The molecule has 0 aliphatic carbocycles. The summed E-state index contributed by atoms with van der Waals surface area (Å²) < 4.78 is 12.8. The van der Waals surface area contributed by atoms with Crippen LogP contribution >= 0.6 is 11.6 Å². The Balaban J connectivity index is 1.99. The van der Waals surface area contributed by atoms with E-state index < -0.39 is 0 Å². The molecule has 1 heterocycles. The van der Waals surface area contributed by atoms with Crippen LogP contribution in [0.25, 0.3) is 10.9 Å². The fourth-order valence-electron chi connectivity index (χ4n) is 2.65. The summed E-state index contributed by atoms with van der Waals surface area (Å²) in [7, 11) is 1.81. The molecule has 0 unspecified atom stereocenters. The van der Waals surface area contributed by atoms with Crippen molar-refractivity contribution in [3.05, 3.63) is 64.8 Å². The average Bonchev–Trinajstić information content (AvgIpc) is 2.94. The number of aromatic nitrogens is 1. The Morgan fingerprint density at radius 1 is 1.17 bits per heavy atom. The molecule has 0 N–H and O–H groups in total. The second kappa shape index (κ2) is 6.97. The van der Waals surface area contributed by atoms with Crippen LogP contribution in [0.1, 0.15) is 23.0 Å². The summed E-state index contributed by atoms with van der Waals surface area (Å²) >= 11 is 6.29. The van der Waals surface area contributed by atoms with Gasteiger partial charge in [0.15, 0.2) is 0 Å². The standard InChI is InChI=1S/C19H18ClNO3/c1-3-23-19(22)16-11-14-15(20)9-10-17(18(14)21(16)2)24-12-13-7-5-4-6-8-13/h4-11H,3,12H2,1-2H3. The summed E-state index contributed by atoms with van der Waals surface area (Å²) in [5.41, 5.74) is 2.30. The second-order valence-electron chi connectivity index (χ2n) is 5.39. The third-order valence-electron chi connectivity index (χ3n) is 3.83. The van der Waals surface area contributed by atoms with E-state index in [2.05, 4.69) is 0 Å². The fourth-order valence-corrected chi connectivity index (χ4v) is 2.86. The SMILES string of the molecule is CCOC(=O)c1cc2c(Cl)ccc(OCc3ccccc3)c2n1C. The van der Waals surface area contributed by atoms with E-state index in [1.807, 2.05) is 36.4 Å². The highest BCUT2D eigenvalue weighted by molar-refractivity contribution is 6.35. The summed E-state index contributed by atoms with van der Waals surface area (Å²) in [6.07, 6.45) is 0. The monoisotopic (exact) mass is 343 g/mol. The number of halogens is 1. The zero-order valence-corrected chi connectivity index (χ0v) is 14.3. The van der Waals surface area contributed by atoms with Crippen molar-refractivity contribution >= 4 is 28.5 Å². The fraction of sp³-hybridized carbons (Fsp3) is 0.211. The van der Waals surface area contributed by atoms with Gasteiger partial charge < -0.3 is 14.0 Å². The first-order chi connectivity index (χ1) is 11.6. The molecule has 124 valence electrons. The maximum Gasteiger partial charge on any atom is 0.354 e. The highest BCUT2D eigenvalue weighted by Gasteiger charge is 2.19. The molecule has 24 heavy (non-hydrogen) atoms. The van der Waals surface area contributed by atoms with E-state index in [9.17, 15) is 4.79 Å². The van der Waals surface area contributed by atoms with Gasteiger partial charge in [0.05, 0.1) is 17.1 Å². The number of hydrogen-bond donors (Lipinski definition) is 0. The third kappa shape index (κ3) is 3.10. The molecule has 0 radical (unpaired) electrons. The smallest absolute Gasteiger partial charge is 0.354 e. The lowest BCUT2D eigenvalue weighted by Gasteiger charge is -2.11. The molecule has 0 fully saturated rings. The van der Waals surface area contributed by atoms with Crippen molar-refractivity contribution in [3.8, 4) is 5.75 Å². The number of rotatable bonds is 5. The van der Waals surface area contributed by atoms with Crippen molar-refractivity contribution in [1.29, 1.82) is 0 Å².